The van der Waals surface area contributed by atoms with E-state index in [2.05, 4.69) is 6.92 Å². The van der Waals surface area contributed by atoms with Gasteiger partial charge in [-0.15, -0.1) is 0 Å². The molecule has 2 atom stereocenters. The van der Waals surface area contributed by atoms with E-state index in [-0.39, 0.29) is 0 Å². The molecule has 0 saturated heterocycles. The fraction of sp³-hybridized carbons (Fsp3) is 0.412. The summed E-state index contributed by atoms with van der Waals surface area (Å²) >= 11 is 0. The molecule has 2 aromatic carbocycles. The van der Waals surface area contributed by atoms with Crippen LogP contribution in [0, 0.1) is 5.92 Å². The Bertz CT molecular complexity index is 626. The molecular formula is C17H21BO3. The van der Waals surface area contributed by atoms with Crippen molar-refractivity contribution in [1.29, 1.82) is 0 Å². The summed E-state index contributed by atoms with van der Waals surface area (Å²) in [5.74, 6) is 1.65. The van der Waals surface area contributed by atoms with Gasteiger partial charge in [-0.3, -0.25) is 0 Å². The van der Waals surface area contributed by atoms with Crippen LogP contribution >= 0.6 is 0 Å². The van der Waals surface area contributed by atoms with Crippen LogP contribution in [0.4, 0.5) is 0 Å². The molecule has 0 aliphatic heterocycles. The highest BCUT2D eigenvalue weighted by molar-refractivity contribution is 6.58. The Balaban J connectivity index is 1.79. The van der Waals surface area contributed by atoms with Crippen LogP contribution in [0.25, 0.3) is 10.8 Å². The van der Waals surface area contributed by atoms with E-state index < -0.39 is 7.12 Å². The quantitative estimate of drug-likeness (QED) is 0.851. The first-order chi connectivity index (χ1) is 10.1. The van der Waals surface area contributed by atoms with E-state index in [1.807, 2.05) is 24.3 Å². The summed E-state index contributed by atoms with van der Waals surface area (Å²) in [6.07, 6.45) is 5.15. The Morgan fingerprint density at radius 1 is 1.05 bits per heavy atom. The molecule has 0 aromatic heterocycles. The fourth-order valence-electron chi connectivity index (χ4n) is 3.15. The number of rotatable bonds is 3. The molecular weight excluding hydrogens is 263 g/mol. The molecule has 1 saturated carbocycles. The maximum Gasteiger partial charge on any atom is 0.488 e. The van der Waals surface area contributed by atoms with Crippen molar-refractivity contribution in [3.63, 3.8) is 0 Å². The number of fused-ring (bicyclic) bond motifs is 1. The minimum Gasteiger partial charge on any atom is -0.490 e. The van der Waals surface area contributed by atoms with Gasteiger partial charge < -0.3 is 14.8 Å². The van der Waals surface area contributed by atoms with Crippen molar-refractivity contribution in [2.45, 2.75) is 38.7 Å². The molecule has 2 N–H and O–H groups in total. The third-order valence-electron chi connectivity index (χ3n) is 4.32. The molecule has 21 heavy (non-hydrogen) atoms. The van der Waals surface area contributed by atoms with Crippen molar-refractivity contribution in [2.24, 2.45) is 5.92 Å². The van der Waals surface area contributed by atoms with Crippen LogP contribution in [0.5, 0.6) is 5.75 Å². The van der Waals surface area contributed by atoms with Gasteiger partial charge in [0.05, 0.1) is 6.10 Å². The molecule has 1 aliphatic carbocycles. The van der Waals surface area contributed by atoms with Crippen molar-refractivity contribution in [2.75, 3.05) is 0 Å². The summed E-state index contributed by atoms with van der Waals surface area (Å²) in [4.78, 5) is 0. The highest BCUT2D eigenvalue weighted by Gasteiger charge is 2.20. The summed E-state index contributed by atoms with van der Waals surface area (Å²) < 4.78 is 6.11. The summed E-state index contributed by atoms with van der Waals surface area (Å²) in [6.45, 7) is 2.29. The molecule has 0 bridgehead atoms. The van der Waals surface area contributed by atoms with Gasteiger partial charge in [0, 0.05) is 0 Å². The van der Waals surface area contributed by atoms with Gasteiger partial charge in [0.15, 0.2) is 0 Å². The average Bonchev–Trinajstić information content (AvgIpc) is 2.46. The smallest absolute Gasteiger partial charge is 0.488 e. The zero-order valence-electron chi connectivity index (χ0n) is 12.3. The molecule has 1 aliphatic rings. The maximum atomic E-state index is 9.21. The lowest BCUT2D eigenvalue weighted by atomic mass is 9.79. The van der Waals surface area contributed by atoms with Crippen molar-refractivity contribution < 1.29 is 14.8 Å². The first-order valence-corrected chi connectivity index (χ1v) is 7.68. The third-order valence-corrected chi connectivity index (χ3v) is 4.32. The summed E-state index contributed by atoms with van der Waals surface area (Å²) in [7, 11) is -1.42. The van der Waals surface area contributed by atoms with Gasteiger partial charge in [-0.1, -0.05) is 37.6 Å². The summed E-state index contributed by atoms with van der Waals surface area (Å²) in [5, 5.41) is 20.5. The lowest BCUT2D eigenvalue weighted by Gasteiger charge is -2.27. The molecule has 1 fully saturated rings. The fourth-order valence-corrected chi connectivity index (χ4v) is 3.15. The van der Waals surface area contributed by atoms with Crippen molar-refractivity contribution in [3.8, 4) is 5.75 Å². The molecule has 3 rings (SSSR count). The van der Waals surface area contributed by atoms with Gasteiger partial charge in [-0.2, -0.15) is 0 Å². The van der Waals surface area contributed by atoms with E-state index in [1.165, 1.54) is 12.8 Å². The number of benzene rings is 2. The second-order valence-corrected chi connectivity index (χ2v) is 6.15. The van der Waals surface area contributed by atoms with Crippen LogP contribution in [0.3, 0.4) is 0 Å². The molecule has 110 valence electrons. The second kappa shape index (κ2) is 6.08. The van der Waals surface area contributed by atoms with Gasteiger partial charge in [0.1, 0.15) is 5.75 Å². The Hall–Kier alpha value is -1.52. The second-order valence-electron chi connectivity index (χ2n) is 6.15. The minimum atomic E-state index is -1.42. The monoisotopic (exact) mass is 284 g/mol. The first kappa shape index (κ1) is 14.4. The molecule has 0 spiro atoms. The van der Waals surface area contributed by atoms with Gasteiger partial charge in [0.2, 0.25) is 0 Å². The Morgan fingerprint density at radius 3 is 2.57 bits per heavy atom. The molecule has 2 unspecified atom stereocenters. The first-order valence-electron chi connectivity index (χ1n) is 7.68. The van der Waals surface area contributed by atoms with E-state index in [0.717, 1.165) is 35.3 Å². The van der Waals surface area contributed by atoms with E-state index >= 15 is 0 Å². The van der Waals surface area contributed by atoms with Crippen LogP contribution in [0.15, 0.2) is 36.4 Å². The molecule has 3 nitrogen and oxygen atoms in total. The van der Waals surface area contributed by atoms with Crippen LogP contribution in [-0.2, 0) is 0 Å². The molecule has 0 amide bonds. The largest absolute Gasteiger partial charge is 0.490 e. The zero-order chi connectivity index (χ0) is 14.8. The Kier molecular flexibility index (Phi) is 4.18. The predicted octanol–water partition coefficient (Wildman–Crippen LogP) is 2.48. The van der Waals surface area contributed by atoms with Crippen molar-refractivity contribution >= 4 is 23.4 Å². The van der Waals surface area contributed by atoms with E-state index in [4.69, 9.17) is 4.74 Å². The van der Waals surface area contributed by atoms with E-state index in [0.29, 0.717) is 11.6 Å². The topological polar surface area (TPSA) is 49.7 Å². The summed E-state index contributed by atoms with van der Waals surface area (Å²) in [6, 6.07) is 11.4. The average molecular weight is 284 g/mol. The Labute approximate surface area is 125 Å². The van der Waals surface area contributed by atoms with Gasteiger partial charge in [-0.05, 0) is 53.5 Å². The number of hydrogen-bond acceptors (Lipinski definition) is 3. The summed E-state index contributed by atoms with van der Waals surface area (Å²) in [5.41, 5.74) is 0.511. The normalized spacial score (nSPS) is 22.2. The van der Waals surface area contributed by atoms with Crippen LogP contribution in [-0.4, -0.2) is 23.3 Å². The minimum absolute atomic E-state index is 0.324. The van der Waals surface area contributed by atoms with Crippen LogP contribution < -0.4 is 10.2 Å². The molecule has 0 heterocycles. The lowest BCUT2D eigenvalue weighted by molar-refractivity contribution is 0.129. The third kappa shape index (κ3) is 3.39. The van der Waals surface area contributed by atoms with Gasteiger partial charge >= 0.3 is 7.12 Å². The van der Waals surface area contributed by atoms with Crippen molar-refractivity contribution in [3.05, 3.63) is 36.4 Å². The SMILES string of the molecule is CC1CCCC(Oc2ccc3cc(B(O)O)ccc3c2)C1. The van der Waals surface area contributed by atoms with E-state index in [1.54, 1.807) is 12.1 Å². The maximum absolute atomic E-state index is 9.21. The Morgan fingerprint density at radius 2 is 1.81 bits per heavy atom. The van der Waals surface area contributed by atoms with Gasteiger partial charge in [0.25, 0.3) is 0 Å². The van der Waals surface area contributed by atoms with Gasteiger partial charge in [-0.25, -0.2) is 0 Å². The standard InChI is InChI=1S/C17H21BO3/c1-12-3-2-4-16(9-12)21-17-8-6-13-10-15(18(19)20)7-5-14(13)11-17/h5-8,10-12,16,19-20H,2-4,9H2,1H3. The van der Waals surface area contributed by atoms with Crippen LogP contribution in [0.2, 0.25) is 0 Å². The molecule has 0 radical (unpaired) electrons. The highest BCUT2D eigenvalue weighted by atomic mass is 16.5. The highest BCUT2D eigenvalue weighted by Crippen LogP contribution is 2.28. The zero-order valence-corrected chi connectivity index (χ0v) is 12.3. The molecule has 2 aromatic rings. The number of ether oxygens (including phenoxy) is 1. The van der Waals surface area contributed by atoms with E-state index in [9.17, 15) is 10.0 Å². The lowest BCUT2D eigenvalue weighted by Crippen LogP contribution is -2.29. The molecule has 4 heteroatoms. The number of hydrogen-bond donors (Lipinski definition) is 2. The predicted molar refractivity (Wildman–Crippen MR) is 85.8 cm³/mol. The van der Waals surface area contributed by atoms with Crippen molar-refractivity contribution in [1.82, 2.24) is 0 Å². The van der Waals surface area contributed by atoms with Crippen LogP contribution in [0.1, 0.15) is 32.6 Å².